The third-order valence-corrected chi connectivity index (χ3v) is 6.99. The largest absolute Gasteiger partial charge is 0.479 e. The van der Waals surface area contributed by atoms with E-state index in [2.05, 4.69) is 25.8 Å². The van der Waals surface area contributed by atoms with Gasteiger partial charge in [0.05, 0.1) is 5.57 Å². The van der Waals surface area contributed by atoms with Gasteiger partial charge in [-0.2, -0.15) is 0 Å². The minimum absolute atomic E-state index is 0.0820. The fourth-order valence-electron chi connectivity index (χ4n) is 4.57. The first-order valence-electron chi connectivity index (χ1n) is 10.8. The first-order valence-corrected chi connectivity index (χ1v) is 11.7. The minimum Gasteiger partial charge on any atom is -0.479 e. The zero-order chi connectivity index (χ0) is 24.7. The van der Waals surface area contributed by atoms with Crippen molar-refractivity contribution >= 4 is 29.2 Å². The second kappa shape index (κ2) is 8.74. The Kier molecular flexibility index (Phi) is 6.53. The maximum atomic E-state index is 13.9. The summed E-state index contributed by atoms with van der Waals surface area (Å²) in [4.78, 5) is 44.7. The molecule has 33 heavy (non-hydrogen) atoms. The average molecular weight is 471 g/mol. The van der Waals surface area contributed by atoms with Crippen LogP contribution < -0.4 is 0 Å². The molecule has 3 rings (SSSR count). The summed E-state index contributed by atoms with van der Waals surface area (Å²) in [6, 6.07) is 5.97. The van der Waals surface area contributed by atoms with E-state index < -0.39 is 29.4 Å². The normalized spacial score (nSPS) is 21.1. The number of amides is 1. The minimum atomic E-state index is -1.79. The Morgan fingerprint density at radius 1 is 1.15 bits per heavy atom. The number of nitrogens with zero attached hydrogens (tertiary/aromatic N) is 2. The molecular formula is C25H30N2O5S. The van der Waals surface area contributed by atoms with Crippen LogP contribution in [0.15, 0.2) is 47.0 Å². The lowest BCUT2D eigenvalue weighted by Crippen LogP contribution is -2.56. The molecule has 1 aromatic carbocycles. The fourth-order valence-corrected chi connectivity index (χ4v) is 5.31. The molecule has 0 aliphatic carbocycles. The Bertz CT molecular complexity index is 1100. The molecule has 1 aromatic heterocycles. The van der Waals surface area contributed by atoms with Crippen molar-refractivity contribution in [2.45, 2.75) is 65.0 Å². The number of benzene rings is 1. The topological polar surface area (TPSA) is 108 Å². The first-order chi connectivity index (χ1) is 15.3. The van der Waals surface area contributed by atoms with E-state index in [0.29, 0.717) is 10.6 Å². The number of carboxylic acids is 2. The maximum Gasteiger partial charge on any atom is 0.334 e. The molecule has 2 N–H and O–H groups in total. The van der Waals surface area contributed by atoms with E-state index in [0.717, 1.165) is 5.56 Å². The van der Waals surface area contributed by atoms with Crippen molar-refractivity contribution in [2.75, 3.05) is 0 Å². The van der Waals surface area contributed by atoms with Gasteiger partial charge in [0.25, 0.3) is 5.91 Å². The van der Waals surface area contributed by atoms with Gasteiger partial charge < -0.3 is 15.1 Å². The molecule has 176 valence electrons. The SMILES string of the molecule is CC1=C(C(=O)O)[C@H](c2nccs2)N(C(=O)c2ccc(C(C)(C)C)cc2)[C@]1(CC(C)C)C(=O)O. The summed E-state index contributed by atoms with van der Waals surface area (Å²) >= 11 is 1.20. The van der Waals surface area contributed by atoms with E-state index in [4.69, 9.17) is 0 Å². The summed E-state index contributed by atoms with van der Waals surface area (Å²) in [5.74, 6) is -3.14. The van der Waals surface area contributed by atoms with Crippen LogP contribution in [0, 0.1) is 5.92 Å². The molecule has 0 fully saturated rings. The Morgan fingerprint density at radius 2 is 1.76 bits per heavy atom. The monoisotopic (exact) mass is 470 g/mol. The first kappa shape index (κ1) is 24.6. The van der Waals surface area contributed by atoms with Gasteiger partial charge in [-0.05, 0) is 47.9 Å². The van der Waals surface area contributed by atoms with E-state index in [1.54, 1.807) is 17.5 Å². The molecule has 8 heteroatoms. The van der Waals surface area contributed by atoms with Crippen LogP contribution in [0.1, 0.15) is 74.9 Å². The quantitative estimate of drug-likeness (QED) is 0.621. The summed E-state index contributed by atoms with van der Waals surface area (Å²) < 4.78 is 0. The van der Waals surface area contributed by atoms with Gasteiger partial charge in [0.2, 0.25) is 0 Å². The number of carbonyl (C=O) groups excluding carboxylic acids is 1. The molecular weight excluding hydrogens is 440 g/mol. The van der Waals surface area contributed by atoms with Crippen molar-refractivity contribution in [2.24, 2.45) is 5.92 Å². The van der Waals surface area contributed by atoms with Crippen molar-refractivity contribution in [3.63, 3.8) is 0 Å². The molecule has 0 spiro atoms. The molecule has 2 atom stereocenters. The second-order valence-corrected chi connectivity index (χ2v) is 10.8. The van der Waals surface area contributed by atoms with E-state index >= 15 is 0 Å². The predicted molar refractivity (Wildman–Crippen MR) is 126 cm³/mol. The molecule has 0 bridgehead atoms. The van der Waals surface area contributed by atoms with E-state index in [-0.39, 0.29) is 28.9 Å². The van der Waals surface area contributed by atoms with Gasteiger partial charge in [-0.3, -0.25) is 4.79 Å². The van der Waals surface area contributed by atoms with Crippen molar-refractivity contribution in [3.05, 3.63) is 63.1 Å². The number of rotatable bonds is 6. The van der Waals surface area contributed by atoms with Gasteiger partial charge in [-0.15, -0.1) is 11.3 Å². The van der Waals surface area contributed by atoms with Crippen LogP contribution in [-0.2, 0) is 15.0 Å². The number of hydrogen-bond acceptors (Lipinski definition) is 5. The van der Waals surface area contributed by atoms with Gasteiger partial charge in [-0.25, -0.2) is 14.6 Å². The Labute approximate surface area is 197 Å². The van der Waals surface area contributed by atoms with Gasteiger partial charge >= 0.3 is 11.9 Å². The van der Waals surface area contributed by atoms with Crippen LogP contribution in [0.3, 0.4) is 0 Å². The molecule has 0 saturated carbocycles. The third-order valence-electron chi connectivity index (χ3n) is 6.16. The Hall–Kier alpha value is -3.00. The zero-order valence-corrected chi connectivity index (χ0v) is 20.6. The molecule has 0 saturated heterocycles. The highest BCUT2D eigenvalue weighted by Crippen LogP contribution is 2.51. The smallest absolute Gasteiger partial charge is 0.334 e. The number of carbonyl (C=O) groups is 3. The molecule has 1 aliphatic heterocycles. The maximum absolute atomic E-state index is 13.9. The standard InChI is InChI=1S/C25H30N2O5S/c1-14(2)13-25(23(31)32)15(3)18(22(29)30)19(20-26-11-12-33-20)27(25)21(28)16-7-9-17(10-8-16)24(4,5)6/h7-12,14,19H,13H2,1-6H3,(H,29,30)(H,31,32)/t19-,25+/m1/s1. The highest BCUT2D eigenvalue weighted by atomic mass is 32.1. The summed E-state index contributed by atoms with van der Waals surface area (Å²) in [5, 5.41) is 22.6. The summed E-state index contributed by atoms with van der Waals surface area (Å²) in [7, 11) is 0. The summed E-state index contributed by atoms with van der Waals surface area (Å²) in [6.45, 7) is 11.4. The van der Waals surface area contributed by atoms with Crippen molar-refractivity contribution < 1.29 is 24.6 Å². The van der Waals surface area contributed by atoms with Crippen LogP contribution in [0.25, 0.3) is 0 Å². The van der Waals surface area contributed by atoms with Gasteiger partial charge in [0, 0.05) is 17.1 Å². The molecule has 1 amide bonds. The lowest BCUT2D eigenvalue weighted by atomic mass is 9.81. The Morgan fingerprint density at radius 3 is 2.18 bits per heavy atom. The van der Waals surface area contributed by atoms with Crippen LogP contribution in [0.5, 0.6) is 0 Å². The lowest BCUT2D eigenvalue weighted by Gasteiger charge is -2.40. The van der Waals surface area contributed by atoms with Gasteiger partial charge in [0.1, 0.15) is 11.0 Å². The number of hydrogen-bond donors (Lipinski definition) is 2. The molecule has 0 radical (unpaired) electrons. The molecule has 1 aliphatic rings. The molecule has 7 nitrogen and oxygen atoms in total. The van der Waals surface area contributed by atoms with Crippen LogP contribution in [0.4, 0.5) is 0 Å². The van der Waals surface area contributed by atoms with Gasteiger partial charge in [0.15, 0.2) is 5.54 Å². The summed E-state index contributed by atoms with van der Waals surface area (Å²) in [5.41, 5.74) is -0.514. The van der Waals surface area contributed by atoms with Crippen LogP contribution in [-0.4, -0.2) is 43.5 Å². The average Bonchev–Trinajstić information content (AvgIpc) is 3.32. The third kappa shape index (κ3) is 4.19. The number of carboxylic acid groups (broad SMARTS) is 2. The van der Waals surface area contributed by atoms with Crippen LogP contribution in [0.2, 0.25) is 0 Å². The number of thiazole rings is 1. The highest BCUT2D eigenvalue weighted by Gasteiger charge is 2.60. The van der Waals surface area contributed by atoms with E-state index in [1.165, 1.54) is 29.4 Å². The van der Waals surface area contributed by atoms with Crippen molar-refractivity contribution in [3.8, 4) is 0 Å². The molecule has 2 aromatic rings. The van der Waals surface area contributed by atoms with E-state index in [9.17, 15) is 24.6 Å². The number of aliphatic carboxylic acids is 2. The van der Waals surface area contributed by atoms with Crippen LogP contribution >= 0.6 is 11.3 Å². The lowest BCUT2D eigenvalue weighted by molar-refractivity contribution is -0.148. The van der Waals surface area contributed by atoms with Crippen molar-refractivity contribution in [1.82, 2.24) is 9.88 Å². The van der Waals surface area contributed by atoms with E-state index in [1.807, 2.05) is 26.0 Å². The number of aromatic nitrogens is 1. The predicted octanol–water partition coefficient (Wildman–Crippen LogP) is 4.91. The highest BCUT2D eigenvalue weighted by molar-refractivity contribution is 7.09. The van der Waals surface area contributed by atoms with Crippen molar-refractivity contribution in [1.29, 1.82) is 0 Å². The summed E-state index contributed by atoms with van der Waals surface area (Å²) in [6.07, 6.45) is 1.61. The zero-order valence-electron chi connectivity index (χ0n) is 19.7. The second-order valence-electron chi connectivity index (χ2n) is 9.88. The molecule has 2 heterocycles. The molecule has 0 unspecified atom stereocenters. The fraction of sp³-hybridized carbons (Fsp3) is 0.440. The Balaban J connectivity index is 2.26. The van der Waals surface area contributed by atoms with Gasteiger partial charge in [-0.1, -0.05) is 46.8 Å².